The molecule has 0 aliphatic heterocycles. The molecule has 0 aliphatic rings. The summed E-state index contributed by atoms with van der Waals surface area (Å²) in [6.07, 6.45) is -3.38. The number of amides is 1. The van der Waals surface area contributed by atoms with Crippen molar-refractivity contribution in [1.82, 2.24) is 19.9 Å². The number of carbonyl (C=O) groups is 1. The summed E-state index contributed by atoms with van der Waals surface area (Å²) in [4.78, 5) is 16.7. The van der Waals surface area contributed by atoms with E-state index in [1.807, 2.05) is 5.32 Å². The number of rotatable bonds is 3. The van der Waals surface area contributed by atoms with Gasteiger partial charge in [0.15, 0.2) is 5.65 Å². The van der Waals surface area contributed by atoms with Crippen LogP contribution in [0.3, 0.4) is 0 Å². The third-order valence-electron chi connectivity index (χ3n) is 4.06. The number of carbonyl (C=O) groups excluding carboxylic acids is 1. The maximum absolute atomic E-state index is 12.7. The Morgan fingerprint density at radius 3 is 2.70 bits per heavy atom. The lowest BCUT2D eigenvalue weighted by atomic mass is 10.0. The van der Waals surface area contributed by atoms with Gasteiger partial charge in [-0.3, -0.25) is 4.79 Å². The molecule has 9 heteroatoms. The quantitative estimate of drug-likeness (QED) is 0.764. The number of benzene rings is 1. The summed E-state index contributed by atoms with van der Waals surface area (Å²) in [6, 6.07) is 8.54. The minimum absolute atomic E-state index is 0.0783. The number of hydrogen-bond acceptors (Lipinski definition) is 4. The Bertz CT molecular complexity index is 1070. The molecule has 0 fully saturated rings. The Hall–Kier alpha value is -3.41. The van der Waals surface area contributed by atoms with Crippen molar-refractivity contribution in [2.45, 2.75) is 26.1 Å². The Morgan fingerprint density at radius 2 is 2.04 bits per heavy atom. The maximum Gasteiger partial charge on any atom is 0.408 e. The second-order valence-corrected chi connectivity index (χ2v) is 5.97. The number of aryl methyl sites for hydroxylation is 1. The van der Waals surface area contributed by atoms with Gasteiger partial charge < -0.3 is 5.32 Å². The molecule has 138 valence electrons. The molecule has 3 aromatic rings. The molecule has 3 rings (SSSR count). The van der Waals surface area contributed by atoms with Gasteiger partial charge in [0.1, 0.15) is 11.6 Å². The summed E-state index contributed by atoms with van der Waals surface area (Å²) < 4.78 is 39.5. The second kappa shape index (κ2) is 6.72. The van der Waals surface area contributed by atoms with Crippen molar-refractivity contribution >= 4 is 11.6 Å². The Morgan fingerprint density at radius 1 is 1.33 bits per heavy atom. The van der Waals surface area contributed by atoms with Crippen molar-refractivity contribution in [3.8, 4) is 17.3 Å². The van der Waals surface area contributed by atoms with Crippen molar-refractivity contribution in [2.75, 3.05) is 0 Å². The first-order chi connectivity index (χ1) is 12.7. The Balaban J connectivity index is 2.09. The van der Waals surface area contributed by atoms with Crippen LogP contribution in [0.15, 0.2) is 36.5 Å². The summed E-state index contributed by atoms with van der Waals surface area (Å²) in [5.74, 6) is -0.924. The van der Waals surface area contributed by atoms with Crippen LogP contribution in [0.1, 0.15) is 28.5 Å². The first-order valence-corrected chi connectivity index (χ1v) is 7.95. The van der Waals surface area contributed by atoms with Crippen LogP contribution in [0.25, 0.3) is 16.9 Å². The predicted octanol–water partition coefficient (Wildman–Crippen LogP) is 3.26. The molecule has 0 saturated carbocycles. The van der Waals surface area contributed by atoms with Gasteiger partial charge in [0, 0.05) is 11.3 Å². The molecule has 1 atom stereocenters. The van der Waals surface area contributed by atoms with Gasteiger partial charge in [-0.2, -0.15) is 23.5 Å². The molecule has 1 N–H and O–H groups in total. The van der Waals surface area contributed by atoms with Crippen molar-refractivity contribution in [2.24, 2.45) is 0 Å². The number of halogens is 3. The number of hydrogen-bond donors (Lipinski definition) is 1. The fourth-order valence-corrected chi connectivity index (χ4v) is 2.57. The van der Waals surface area contributed by atoms with Crippen LogP contribution in [0.2, 0.25) is 0 Å². The summed E-state index contributed by atoms with van der Waals surface area (Å²) in [5.41, 5.74) is 2.03. The van der Waals surface area contributed by atoms with Crippen molar-refractivity contribution < 1.29 is 18.0 Å². The van der Waals surface area contributed by atoms with E-state index in [0.717, 1.165) is 6.92 Å². The lowest BCUT2D eigenvalue weighted by Crippen LogP contribution is -2.43. The Kier molecular flexibility index (Phi) is 4.57. The van der Waals surface area contributed by atoms with Crippen LogP contribution in [0, 0.1) is 18.3 Å². The van der Waals surface area contributed by atoms with Crippen LogP contribution in [0.5, 0.6) is 0 Å². The number of nitriles is 1. The first kappa shape index (κ1) is 18.4. The zero-order chi connectivity index (χ0) is 19.8. The highest BCUT2D eigenvalue weighted by Gasteiger charge is 2.37. The van der Waals surface area contributed by atoms with Gasteiger partial charge in [0.05, 0.1) is 23.5 Å². The third kappa shape index (κ3) is 3.46. The summed E-state index contributed by atoms with van der Waals surface area (Å²) >= 11 is 0. The van der Waals surface area contributed by atoms with Gasteiger partial charge in [-0.25, -0.2) is 9.50 Å². The lowest BCUT2D eigenvalue weighted by Gasteiger charge is -2.16. The van der Waals surface area contributed by atoms with E-state index in [9.17, 15) is 23.2 Å². The van der Waals surface area contributed by atoms with E-state index in [1.165, 1.54) is 10.7 Å². The number of nitrogens with one attached hydrogen (secondary N) is 1. The summed E-state index contributed by atoms with van der Waals surface area (Å²) in [6.45, 7) is 2.58. The van der Waals surface area contributed by atoms with E-state index in [0.29, 0.717) is 22.5 Å². The smallest absolute Gasteiger partial charge is 0.340 e. The van der Waals surface area contributed by atoms with Gasteiger partial charge in [-0.05, 0) is 26.0 Å². The van der Waals surface area contributed by atoms with Crippen LogP contribution in [-0.4, -0.2) is 32.7 Å². The van der Waals surface area contributed by atoms with Gasteiger partial charge in [0.2, 0.25) is 0 Å². The molecule has 2 heterocycles. The highest BCUT2D eigenvalue weighted by molar-refractivity contribution is 6.00. The molecule has 1 amide bonds. The fraction of sp³-hybridized carbons (Fsp3) is 0.222. The number of aromatic nitrogens is 3. The summed E-state index contributed by atoms with van der Waals surface area (Å²) in [7, 11) is 0. The molecular formula is C18H14F3N5O. The van der Waals surface area contributed by atoms with E-state index in [4.69, 9.17) is 0 Å². The van der Waals surface area contributed by atoms with E-state index in [1.54, 1.807) is 37.3 Å². The van der Waals surface area contributed by atoms with Gasteiger partial charge in [-0.1, -0.05) is 18.2 Å². The van der Waals surface area contributed by atoms with Crippen molar-refractivity contribution in [1.29, 1.82) is 5.26 Å². The molecule has 1 unspecified atom stereocenters. The normalized spacial score (nSPS) is 12.6. The largest absolute Gasteiger partial charge is 0.408 e. The Labute approximate surface area is 152 Å². The molecule has 1 aromatic carbocycles. The first-order valence-electron chi connectivity index (χ1n) is 7.95. The van der Waals surface area contributed by atoms with Crippen molar-refractivity contribution in [3.63, 3.8) is 0 Å². The zero-order valence-corrected chi connectivity index (χ0v) is 14.4. The standard InChI is InChI=1S/C18H14F3N5O/c1-10-7-15(13-6-4-3-5-12(13)8-22)25-16-14(9-23-26(10)16)17(27)24-11(2)18(19,20)21/h3-7,9,11H,1-2H3,(H,24,27). The third-order valence-corrected chi connectivity index (χ3v) is 4.06. The molecule has 2 aromatic heterocycles. The minimum atomic E-state index is -4.56. The monoisotopic (exact) mass is 373 g/mol. The molecular weight excluding hydrogens is 359 g/mol. The van der Waals surface area contributed by atoms with Gasteiger partial charge >= 0.3 is 6.18 Å². The van der Waals surface area contributed by atoms with E-state index >= 15 is 0 Å². The molecule has 0 saturated heterocycles. The second-order valence-electron chi connectivity index (χ2n) is 5.97. The highest BCUT2D eigenvalue weighted by atomic mass is 19.4. The molecule has 0 spiro atoms. The molecule has 0 aliphatic carbocycles. The number of fused-ring (bicyclic) bond motifs is 1. The predicted molar refractivity (Wildman–Crippen MR) is 90.9 cm³/mol. The van der Waals surface area contributed by atoms with Crippen LogP contribution in [0.4, 0.5) is 13.2 Å². The van der Waals surface area contributed by atoms with Crippen LogP contribution >= 0.6 is 0 Å². The molecule has 27 heavy (non-hydrogen) atoms. The number of alkyl halides is 3. The molecule has 6 nitrogen and oxygen atoms in total. The van der Waals surface area contributed by atoms with Gasteiger partial charge in [0.25, 0.3) is 5.91 Å². The van der Waals surface area contributed by atoms with Gasteiger partial charge in [-0.15, -0.1) is 0 Å². The minimum Gasteiger partial charge on any atom is -0.340 e. The van der Waals surface area contributed by atoms with E-state index < -0.39 is 18.1 Å². The maximum atomic E-state index is 12.7. The zero-order valence-electron chi connectivity index (χ0n) is 14.4. The number of nitrogens with zero attached hydrogens (tertiary/aromatic N) is 4. The lowest BCUT2D eigenvalue weighted by molar-refractivity contribution is -0.149. The van der Waals surface area contributed by atoms with E-state index in [2.05, 4.69) is 16.2 Å². The SMILES string of the molecule is Cc1cc(-c2ccccc2C#N)nc2c(C(=O)NC(C)C(F)(F)F)cnn12. The van der Waals surface area contributed by atoms with Crippen LogP contribution < -0.4 is 5.32 Å². The summed E-state index contributed by atoms with van der Waals surface area (Å²) in [5, 5.41) is 15.2. The van der Waals surface area contributed by atoms with Crippen LogP contribution in [-0.2, 0) is 0 Å². The fourth-order valence-electron chi connectivity index (χ4n) is 2.57. The molecule has 0 radical (unpaired) electrons. The van der Waals surface area contributed by atoms with Crippen molar-refractivity contribution in [3.05, 3.63) is 53.3 Å². The topological polar surface area (TPSA) is 83.1 Å². The highest BCUT2D eigenvalue weighted by Crippen LogP contribution is 2.25. The van der Waals surface area contributed by atoms with E-state index in [-0.39, 0.29) is 11.2 Å². The average molecular weight is 373 g/mol. The average Bonchev–Trinajstić information content (AvgIpc) is 3.05. The molecule has 0 bridgehead atoms.